The van der Waals surface area contributed by atoms with Crippen LogP contribution in [0.2, 0.25) is 0 Å². The maximum atomic E-state index is 12.9. The molecule has 17 heavy (non-hydrogen) atoms. The Morgan fingerprint density at radius 2 is 2.00 bits per heavy atom. The molecule has 0 saturated carbocycles. The Balaban J connectivity index is 2.73. The van der Waals surface area contributed by atoms with E-state index in [9.17, 15) is 8.78 Å². The maximum absolute atomic E-state index is 12.9. The summed E-state index contributed by atoms with van der Waals surface area (Å²) in [5.74, 6) is -1.22. The lowest BCUT2D eigenvalue weighted by Gasteiger charge is -2.17. The molecule has 0 aliphatic rings. The summed E-state index contributed by atoms with van der Waals surface area (Å²) in [7, 11) is 0. The first kappa shape index (κ1) is 13.2. The van der Waals surface area contributed by atoms with Crippen LogP contribution < -0.4 is 11.1 Å². The van der Waals surface area contributed by atoms with Gasteiger partial charge in [0.05, 0.1) is 0 Å². The first-order valence-corrected chi connectivity index (χ1v) is 5.24. The predicted molar refractivity (Wildman–Crippen MR) is 62.1 cm³/mol. The van der Waals surface area contributed by atoms with E-state index in [0.717, 1.165) is 6.07 Å². The number of benzene rings is 1. The van der Waals surface area contributed by atoms with Crippen molar-refractivity contribution in [2.24, 2.45) is 10.9 Å². The molecule has 0 heterocycles. The molecule has 94 valence electrons. The number of halogens is 2. The van der Waals surface area contributed by atoms with E-state index in [-0.39, 0.29) is 11.9 Å². The van der Waals surface area contributed by atoms with Crippen molar-refractivity contribution in [3.63, 3.8) is 0 Å². The maximum Gasteiger partial charge on any atom is 0.141 e. The fourth-order valence-corrected chi connectivity index (χ4v) is 1.46. The zero-order valence-corrected chi connectivity index (χ0v) is 9.45. The smallest absolute Gasteiger partial charge is 0.141 e. The highest BCUT2D eigenvalue weighted by Gasteiger charge is 2.10. The van der Waals surface area contributed by atoms with Gasteiger partial charge >= 0.3 is 0 Å². The van der Waals surface area contributed by atoms with Gasteiger partial charge in [0.2, 0.25) is 0 Å². The van der Waals surface area contributed by atoms with Crippen molar-refractivity contribution in [3.05, 3.63) is 29.8 Å². The Labute approximate surface area is 98.1 Å². The fourth-order valence-electron chi connectivity index (χ4n) is 1.46. The van der Waals surface area contributed by atoms with Crippen LogP contribution in [0.1, 0.15) is 19.8 Å². The van der Waals surface area contributed by atoms with E-state index >= 15 is 0 Å². The summed E-state index contributed by atoms with van der Waals surface area (Å²) in [6.07, 6.45) is 0.972. The molecule has 6 heteroatoms. The second-order valence-electron chi connectivity index (χ2n) is 3.70. The summed E-state index contributed by atoms with van der Waals surface area (Å²) >= 11 is 0. The average Bonchev–Trinajstić information content (AvgIpc) is 2.26. The van der Waals surface area contributed by atoms with E-state index in [0.29, 0.717) is 18.5 Å². The minimum Gasteiger partial charge on any atom is -0.409 e. The Bertz CT molecular complexity index is 389. The van der Waals surface area contributed by atoms with Crippen molar-refractivity contribution < 1.29 is 14.0 Å². The zero-order chi connectivity index (χ0) is 12.8. The first-order valence-electron chi connectivity index (χ1n) is 5.24. The molecule has 0 fully saturated rings. The highest BCUT2D eigenvalue weighted by atomic mass is 19.1. The summed E-state index contributed by atoms with van der Waals surface area (Å²) in [6.45, 7) is 1.89. The molecule has 1 unspecified atom stereocenters. The first-order chi connectivity index (χ1) is 8.05. The molecule has 0 spiro atoms. The van der Waals surface area contributed by atoms with E-state index in [2.05, 4.69) is 10.5 Å². The van der Waals surface area contributed by atoms with Crippen molar-refractivity contribution in [3.8, 4) is 0 Å². The molecule has 1 atom stereocenters. The minimum atomic E-state index is -0.647. The van der Waals surface area contributed by atoms with Crippen LogP contribution in [0.5, 0.6) is 0 Å². The van der Waals surface area contributed by atoms with Crippen LogP contribution in [0.3, 0.4) is 0 Å². The number of nitrogens with one attached hydrogen (secondary N) is 1. The van der Waals surface area contributed by atoms with Crippen LogP contribution in [0.25, 0.3) is 0 Å². The van der Waals surface area contributed by atoms with Gasteiger partial charge in [-0.05, 0) is 18.6 Å². The van der Waals surface area contributed by atoms with E-state index in [1.165, 1.54) is 12.1 Å². The van der Waals surface area contributed by atoms with Gasteiger partial charge in [-0.15, -0.1) is 0 Å². The summed E-state index contributed by atoms with van der Waals surface area (Å²) < 4.78 is 25.9. The Morgan fingerprint density at radius 1 is 1.41 bits per heavy atom. The van der Waals surface area contributed by atoms with E-state index in [1.54, 1.807) is 0 Å². The van der Waals surface area contributed by atoms with Crippen molar-refractivity contribution >= 4 is 11.5 Å². The summed E-state index contributed by atoms with van der Waals surface area (Å²) in [5, 5.41) is 14.2. The highest BCUT2D eigenvalue weighted by molar-refractivity contribution is 5.80. The third-order valence-corrected chi connectivity index (χ3v) is 2.31. The number of nitrogens with zero attached hydrogens (tertiary/aromatic N) is 1. The molecule has 0 saturated heterocycles. The molecule has 0 aromatic heterocycles. The number of rotatable bonds is 5. The Morgan fingerprint density at radius 3 is 2.47 bits per heavy atom. The number of oxime groups is 1. The molecular weight excluding hydrogens is 228 g/mol. The number of hydrogen-bond acceptors (Lipinski definition) is 3. The SMILES string of the molecule is CCC(CC(N)=NO)Nc1cc(F)cc(F)c1. The molecule has 0 aliphatic heterocycles. The van der Waals surface area contributed by atoms with Crippen molar-refractivity contribution in [1.82, 2.24) is 0 Å². The van der Waals surface area contributed by atoms with Gasteiger partial charge in [-0.2, -0.15) is 0 Å². The zero-order valence-electron chi connectivity index (χ0n) is 9.45. The van der Waals surface area contributed by atoms with Gasteiger partial charge in [0, 0.05) is 24.2 Å². The van der Waals surface area contributed by atoms with Crippen LogP contribution in [0, 0.1) is 11.6 Å². The average molecular weight is 243 g/mol. The van der Waals surface area contributed by atoms with E-state index in [1.807, 2.05) is 6.92 Å². The monoisotopic (exact) mass is 243 g/mol. The third-order valence-electron chi connectivity index (χ3n) is 2.31. The van der Waals surface area contributed by atoms with Crippen LogP contribution in [-0.4, -0.2) is 17.1 Å². The number of amidine groups is 1. The van der Waals surface area contributed by atoms with Gasteiger partial charge < -0.3 is 16.3 Å². The van der Waals surface area contributed by atoms with Crippen LogP contribution in [0.15, 0.2) is 23.4 Å². The van der Waals surface area contributed by atoms with E-state index < -0.39 is 11.6 Å². The minimum absolute atomic E-state index is 0.0706. The quantitative estimate of drug-likeness (QED) is 0.321. The fraction of sp³-hybridized carbons (Fsp3) is 0.364. The second kappa shape index (κ2) is 6.03. The van der Waals surface area contributed by atoms with Crippen molar-refractivity contribution in [2.45, 2.75) is 25.8 Å². The Kier molecular flexibility index (Phi) is 4.68. The van der Waals surface area contributed by atoms with Gasteiger partial charge in [0.15, 0.2) is 0 Å². The summed E-state index contributed by atoms with van der Waals surface area (Å²) in [4.78, 5) is 0. The van der Waals surface area contributed by atoms with Gasteiger partial charge in [-0.3, -0.25) is 0 Å². The molecule has 0 radical (unpaired) electrons. The molecule has 0 aliphatic carbocycles. The standard InChI is InChI=1S/C11H15F2N3O/c1-2-9(6-11(14)16-17)15-10-4-7(12)3-8(13)5-10/h3-5,9,15,17H,2,6H2,1H3,(H2,14,16). The van der Waals surface area contributed by atoms with Crippen LogP contribution >= 0.6 is 0 Å². The lowest BCUT2D eigenvalue weighted by Crippen LogP contribution is -2.26. The molecule has 4 N–H and O–H groups in total. The number of anilines is 1. The van der Waals surface area contributed by atoms with Gasteiger partial charge in [0.1, 0.15) is 17.5 Å². The summed E-state index contributed by atoms with van der Waals surface area (Å²) in [6, 6.07) is 3.04. The van der Waals surface area contributed by atoms with Crippen LogP contribution in [0.4, 0.5) is 14.5 Å². The molecule has 4 nitrogen and oxygen atoms in total. The van der Waals surface area contributed by atoms with Gasteiger partial charge in [-0.25, -0.2) is 8.78 Å². The lowest BCUT2D eigenvalue weighted by molar-refractivity contribution is 0.316. The molecule has 1 aromatic rings. The normalized spacial score (nSPS) is 13.5. The van der Waals surface area contributed by atoms with Crippen molar-refractivity contribution in [1.29, 1.82) is 0 Å². The van der Waals surface area contributed by atoms with Crippen molar-refractivity contribution in [2.75, 3.05) is 5.32 Å². The third kappa shape index (κ3) is 4.26. The topological polar surface area (TPSA) is 70.6 Å². The number of hydrogen-bond donors (Lipinski definition) is 3. The molecule has 0 amide bonds. The molecule has 1 aromatic carbocycles. The Hall–Kier alpha value is -1.85. The predicted octanol–water partition coefficient (Wildman–Crippen LogP) is 2.29. The van der Waals surface area contributed by atoms with Gasteiger partial charge in [-0.1, -0.05) is 12.1 Å². The molecule has 0 bridgehead atoms. The second-order valence-corrected chi connectivity index (χ2v) is 3.70. The van der Waals surface area contributed by atoms with E-state index in [4.69, 9.17) is 10.9 Å². The lowest BCUT2D eigenvalue weighted by atomic mass is 10.1. The molecular formula is C11H15F2N3O. The largest absolute Gasteiger partial charge is 0.409 e. The van der Waals surface area contributed by atoms with Gasteiger partial charge in [0.25, 0.3) is 0 Å². The summed E-state index contributed by atoms with van der Waals surface area (Å²) in [5.41, 5.74) is 5.71. The molecule has 1 rings (SSSR count). The van der Waals surface area contributed by atoms with Crippen LogP contribution in [-0.2, 0) is 0 Å². The number of nitrogens with two attached hydrogens (primary N) is 1. The highest BCUT2D eigenvalue weighted by Crippen LogP contribution is 2.15.